The quantitative estimate of drug-likeness (QED) is 0.750. The van der Waals surface area contributed by atoms with Crippen molar-refractivity contribution in [2.75, 3.05) is 13.2 Å². The number of rotatable bonds is 8. The molecule has 2 aromatic heterocycles. The highest BCUT2D eigenvalue weighted by molar-refractivity contribution is 5.29. The molecule has 0 radical (unpaired) electrons. The van der Waals surface area contributed by atoms with Gasteiger partial charge in [0.2, 0.25) is 0 Å². The van der Waals surface area contributed by atoms with E-state index in [0.717, 1.165) is 43.2 Å². The second-order valence-corrected chi connectivity index (χ2v) is 4.68. The number of imidazole rings is 1. The van der Waals surface area contributed by atoms with Gasteiger partial charge in [0, 0.05) is 31.2 Å². The Balaban J connectivity index is 1.84. The fourth-order valence-corrected chi connectivity index (χ4v) is 1.95. The molecule has 2 rings (SSSR count). The van der Waals surface area contributed by atoms with E-state index < -0.39 is 0 Å². The van der Waals surface area contributed by atoms with Gasteiger partial charge in [-0.1, -0.05) is 6.92 Å². The van der Waals surface area contributed by atoms with Crippen LogP contribution in [0.3, 0.4) is 0 Å². The van der Waals surface area contributed by atoms with Crippen molar-refractivity contribution < 1.29 is 4.74 Å². The Morgan fingerprint density at radius 2 is 2.25 bits per heavy atom. The van der Waals surface area contributed by atoms with E-state index in [2.05, 4.69) is 26.8 Å². The lowest BCUT2D eigenvalue weighted by atomic mass is 10.3. The lowest BCUT2D eigenvalue weighted by Gasteiger charge is -2.12. The van der Waals surface area contributed by atoms with Gasteiger partial charge in [0.1, 0.15) is 5.75 Å². The molecule has 0 bridgehead atoms. The molecular formula is C15H22N4O. The average molecular weight is 274 g/mol. The second-order valence-electron chi connectivity index (χ2n) is 4.68. The van der Waals surface area contributed by atoms with Crippen LogP contribution in [0.5, 0.6) is 5.75 Å². The number of hydrogen-bond donors (Lipinski definition) is 1. The van der Waals surface area contributed by atoms with Crippen LogP contribution in [0.15, 0.2) is 30.9 Å². The average Bonchev–Trinajstić information content (AvgIpc) is 2.96. The van der Waals surface area contributed by atoms with Gasteiger partial charge in [0.25, 0.3) is 0 Å². The summed E-state index contributed by atoms with van der Waals surface area (Å²) in [4.78, 5) is 8.56. The Morgan fingerprint density at radius 1 is 1.35 bits per heavy atom. The highest BCUT2D eigenvalue weighted by Crippen LogP contribution is 2.17. The number of aromatic nitrogens is 3. The summed E-state index contributed by atoms with van der Waals surface area (Å²) in [5.41, 5.74) is 2.00. The Morgan fingerprint density at radius 3 is 3.00 bits per heavy atom. The van der Waals surface area contributed by atoms with Crippen molar-refractivity contribution in [2.24, 2.45) is 0 Å². The Labute approximate surface area is 120 Å². The van der Waals surface area contributed by atoms with Crippen molar-refractivity contribution in [1.82, 2.24) is 19.9 Å². The molecule has 5 nitrogen and oxygen atoms in total. The SMILES string of the molecule is CCNCc1nc(C)ccc1OCCCn1ccnc1. The van der Waals surface area contributed by atoms with Gasteiger partial charge in [-0.3, -0.25) is 4.98 Å². The maximum Gasteiger partial charge on any atom is 0.142 e. The number of nitrogens with zero attached hydrogens (tertiary/aromatic N) is 3. The van der Waals surface area contributed by atoms with E-state index in [4.69, 9.17) is 4.74 Å². The standard InChI is InChI=1S/C15H22N4O/c1-3-16-11-14-15(6-5-13(2)18-14)20-10-4-8-19-9-7-17-12-19/h5-7,9,12,16H,3-4,8,10-11H2,1-2H3. The number of aryl methyl sites for hydroxylation is 2. The molecule has 0 saturated heterocycles. The van der Waals surface area contributed by atoms with Gasteiger partial charge in [-0.15, -0.1) is 0 Å². The Hall–Kier alpha value is -1.88. The first-order valence-corrected chi connectivity index (χ1v) is 7.05. The summed E-state index contributed by atoms with van der Waals surface area (Å²) in [5, 5.41) is 3.29. The predicted octanol–water partition coefficient (Wildman–Crippen LogP) is 2.17. The molecule has 0 atom stereocenters. The first kappa shape index (κ1) is 14.5. The molecule has 20 heavy (non-hydrogen) atoms. The fourth-order valence-electron chi connectivity index (χ4n) is 1.95. The molecule has 1 N–H and O–H groups in total. The van der Waals surface area contributed by atoms with E-state index in [9.17, 15) is 0 Å². The third-order valence-corrected chi connectivity index (χ3v) is 2.99. The summed E-state index contributed by atoms with van der Waals surface area (Å²) in [6.45, 7) is 7.36. The first-order chi connectivity index (χ1) is 9.79. The van der Waals surface area contributed by atoms with Crippen LogP contribution in [0.1, 0.15) is 24.7 Å². The van der Waals surface area contributed by atoms with Crippen molar-refractivity contribution in [1.29, 1.82) is 0 Å². The van der Waals surface area contributed by atoms with Crippen molar-refractivity contribution in [3.63, 3.8) is 0 Å². The zero-order chi connectivity index (χ0) is 14.2. The van der Waals surface area contributed by atoms with E-state index in [-0.39, 0.29) is 0 Å². The van der Waals surface area contributed by atoms with Gasteiger partial charge in [-0.05, 0) is 32.0 Å². The van der Waals surface area contributed by atoms with Gasteiger partial charge in [-0.25, -0.2) is 4.98 Å². The van der Waals surface area contributed by atoms with Gasteiger partial charge >= 0.3 is 0 Å². The molecule has 0 aliphatic rings. The van der Waals surface area contributed by atoms with Crippen LogP contribution in [-0.2, 0) is 13.1 Å². The maximum absolute atomic E-state index is 5.85. The highest BCUT2D eigenvalue weighted by Gasteiger charge is 2.05. The topological polar surface area (TPSA) is 52.0 Å². The lowest BCUT2D eigenvalue weighted by Crippen LogP contribution is -2.15. The summed E-state index contributed by atoms with van der Waals surface area (Å²) < 4.78 is 7.90. The monoisotopic (exact) mass is 274 g/mol. The number of hydrogen-bond acceptors (Lipinski definition) is 4. The molecule has 0 amide bonds. The number of pyridine rings is 1. The summed E-state index contributed by atoms with van der Waals surface area (Å²) in [5.74, 6) is 0.877. The Bertz CT molecular complexity index is 511. The van der Waals surface area contributed by atoms with Crippen LogP contribution < -0.4 is 10.1 Å². The normalized spacial score (nSPS) is 10.7. The van der Waals surface area contributed by atoms with Crippen LogP contribution >= 0.6 is 0 Å². The number of nitrogens with one attached hydrogen (secondary N) is 1. The van der Waals surface area contributed by atoms with E-state index in [1.54, 1.807) is 6.20 Å². The molecule has 0 aromatic carbocycles. The predicted molar refractivity (Wildman–Crippen MR) is 78.7 cm³/mol. The third kappa shape index (κ3) is 4.35. The largest absolute Gasteiger partial charge is 0.492 e. The molecule has 0 saturated carbocycles. The smallest absolute Gasteiger partial charge is 0.142 e. The van der Waals surface area contributed by atoms with Gasteiger partial charge in [-0.2, -0.15) is 0 Å². The van der Waals surface area contributed by atoms with Crippen LogP contribution in [0.4, 0.5) is 0 Å². The van der Waals surface area contributed by atoms with Crippen molar-refractivity contribution in [2.45, 2.75) is 33.4 Å². The molecule has 0 spiro atoms. The van der Waals surface area contributed by atoms with Gasteiger partial charge in [0.05, 0.1) is 18.6 Å². The zero-order valence-electron chi connectivity index (χ0n) is 12.2. The minimum atomic E-state index is 0.683. The molecular weight excluding hydrogens is 252 g/mol. The molecule has 5 heteroatoms. The van der Waals surface area contributed by atoms with Crippen molar-refractivity contribution >= 4 is 0 Å². The number of ether oxygens (including phenoxy) is 1. The lowest BCUT2D eigenvalue weighted by molar-refractivity contribution is 0.296. The van der Waals surface area contributed by atoms with Crippen LogP contribution in [0, 0.1) is 6.92 Å². The molecule has 0 fully saturated rings. The molecule has 2 aromatic rings. The fraction of sp³-hybridized carbons (Fsp3) is 0.467. The van der Waals surface area contributed by atoms with Gasteiger partial charge in [0.15, 0.2) is 0 Å². The van der Waals surface area contributed by atoms with Crippen molar-refractivity contribution in [3.8, 4) is 5.75 Å². The summed E-state index contributed by atoms with van der Waals surface area (Å²) in [6, 6.07) is 3.99. The Kier molecular flexibility index (Phi) is 5.55. The zero-order valence-corrected chi connectivity index (χ0v) is 12.2. The first-order valence-electron chi connectivity index (χ1n) is 7.05. The molecule has 108 valence electrons. The van der Waals surface area contributed by atoms with Crippen LogP contribution in [0.2, 0.25) is 0 Å². The molecule has 0 aliphatic heterocycles. The van der Waals surface area contributed by atoms with Crippen molar-refractivity contribution in [3.05, 3.63) is 42.2 Å². The summed E-state index contributed by atoms with van der Waals surface area (Å²) >= 11 is 0. The van der Waals surface area contributed by atoms with Gasteiger partial charge < -0.3 is 14.6 Å². The van der Waals surface area contributed by atoms with E-state index in [1.807, 2.05) is 31.6 Å². The summed E-state index contributed by atoms with van der Waals surface area (Å²) in [6.07, 6.45) is 6.53. The minimum Gasteiger partial charge on any atom is -0.492 e. The maximum atomic E-state index is 5.85. The van der Waals surface area contributed by atoms with Crippen LogP contribution in [-0.4, -0.2) is 27.7 Å². The minimum absolute atomic E-state index is 0.683. The summed E-state index contributed by atoms with van der Waals surface area (Å²) in [7, 11) is 0. The van der Waals surface area contributed by atoms with E-state index in [0.29, 0.717) is 6.61 Å². The van der Waals surface area contributed by atoms with Crippen LogP contribution in [0.25, 0.3) is 0 Å². The molecule has 0 aliphatic carbocycles. The van der Waals surface area contributed by atoms with E-state index >= 15 is 0 Å². The third-order valence-electron chi connectivity index (χ3n) is 2.99. The second kappa shape index (κ2) is 7.65. The molecule has 0 unspecified atom stereocenters. The van der Waals surface area contributed by atoms with E-state index in [1.165, 1.54) is 0 Å². The highest BCUT2D eigenvalue weighted by atomic mass is 16.5. The molecule has 2 heterocycles.